The van der Waals surface area contributed by atoms with Crippen LogP contribution in [0.4, 0.5) is 4.79 Å². The topological polar surface area (TPSA) is 76.1 Å². The van der Waals surface area contributed by atoms with Crippen LogP contribution >= 0.6 is 0 Å². The maximum absolute atomic E-state index is 11.7. The maximum atomic E-state index is 11.7. The molecule has 0 saturated heterocycles. The number of rotatable bonds is 4. The predicted molar refractivity (Wildman–Crippen MR) is 86.4 cm³/mol. The van der Waals surface area contributed by atoms with Gasteiger partial charge in [0.2, 0.25) is 0 Å². The van der Waals surface area contributed by atoms with Crippen LogP contribution in [-0.2, 0) is 14.0 Å². The van der Waals surface area contributed by atoms with Gasteiger partial charge in [-0.05, 0) is 18.1 Å². The summed E-state index contributed by atoms with van der Waals surface area (Å²) in [6.45, 7) is 11.1. The Morgan fingerprint density at radius 2 is 2.00 bits per heavy atom. The van der Waals surface area contributed by atoms with Gasteiger partial charge in [0, 0.05) is 18.5 Å². The lowest BCUT2D eigenvalue weighted by Crippen LogP contribution is -2.49. The van der Waals surface area contributed by atoms with Crippen molar-refractivity contribution in [3.8, 4) is 0 Å². The fourth-order valence-corrected chi connectivity index (χ4v) is 3.05. The molecule has 0 aromatic heterocycles. The lowest BCUT2D eigenvalue weighted by molar-refractivity contribution is -0.136. The van der Waals surface area contributed by atoms with E-state index in [1.807, 2.05) is 0 Å². The summed E-state index contributed by atoms with van der Waals surface area (Å²) in [6.07, 6.45) is 0.945. The van der Waals surface area contributed by atoms with Crippen molar-refractivity contribution in [1.82, 2.24) is 4.90 Å². The van der Waals surface area contributed by atoms with E-state index >= 15 is 0 Å². The summed E-state index contributed by atoms with van der Waals surface area (Å²) in [7, 11) is -0.639. The van der Waals surface area contributed by atoms with Gasteiger partial charge in [-0.1, -0.05) is 26.8 Å². The number of hydrogen-bond acceptors (Lipinski definition) is 4. The minimum atomic E-state index is -1.97. The van der Waals surface area contributed by atoms with E-state index in [4.69, 9.17) is 9.16 Å². The van der Waals surface area contributed by atoms with Crippen LogP contribution in [0.3, 0.4) is 0 Å². The van der Waals surface area contributed by atoms with Crippen LogP contribution in [0.5, 0.6) is 0 Å². The predicted octanol–water partition coefficient (Wildman–Crippen LogP) is 2.86. The lowest BCUT2D eigenvalue weighted by Gasteiger charge is -2.39. The Morgan fingerprint density at radius 1 is 1.41 bits per heavy atom. The highest BCUT2D eigenvalue weighted by molar-refractivity contribution is 6.74. The van der Waals surface area contributed by atoms with Crippen molar-refractivity contribution in [3.05, 3.63) is 11.6 Å². The summed E-state index contributed by atoms with van der Waals surface area (Å²) in [5.41, 5.74) is 0.517. The molecule has 0 radical (unpaired) electrons. The molecule has 0 unspecified atom stereocenters. The Bertz CT molecular complexity index is 467. The molecule has 0 saturated carbocycles. The van der Waals surface area contributed by atoms with E-state index < -0.39 is 20.4 Å². The molecule has 0 aliphatic carbocycles. The van der Waals surface area contributed by atoms with Gasteiger partial charge in [-0.3, -0.25) is 4.90 Å². The van der Waals surface area contributed by atoms with Crippen LogP contribution in [0.25, 0.3) is 0 Å². The van der Waals surface area contributed by atoms with Crippen molar-refractivity contribution in [2.75, 3.05) is 20.3 Å². The maximum Gasteiger partial charge on any atom is 0.407 e. The smallest absolute Gasteiger partial charge is 0.407 e. The van der Waals surface area contributed by atoms with Crippen molar-refractivity contribution >= 4 is 20.4 Å². The number of methoxy groups -OCH3 is 1. The minimum Gasteiger partial charge on any atom is -0.466 e. The zero-order chi connectivity index (χ0) is 17.1. The van der Waals surface area contributed by atoms with Crippen LogP contribution in [0.1, 0.15) is 27.2 Å². The van der Waals surface area contributed by atoms with Gasteiger partial charge >= 0.3 is 12.1 Å². The van der Waals surface area contributed by atoms with Crippen LogP contribution in [-0.4, -0.2) is 56.7 Å². The number of carbonyl (C=O) groups is 2. The van der Waals surface area contributed by atoms with E-state index in [2.05, 4.69) is 33.9 Å². The number of amides is 1. The minimum absolute atomic E-state index is 0.0523. The van der Waals surface area contributed by atoms with Crippen molar-refractivity contribution in [2.24, 2.45) is 0 Å². The van der Waals surface area contributed by atoms with E-state index in [0.29, 0.717) is 18.6 Å². The molecule has 7 heteroatoms. The molecular weight excluding hydrogens is 302 g/mol. The molecule has 22 heavy (non-hydrogen) atoms. The molecule has 0 aromatic carbocycles. The lowest BCUT2D eigenvalue weighted by atomic mass is 10.0. The summed E-state index contributed by atoms with van der Waals surface area (Å²) >= 11 is 0. The second-order valence-electron chi connectivity index (χ2n) is 7.09. The molecule has 1 N–H and O–H groups in total. The van der Waals surface area contributed by atoms with Crippen molar-refractivity contribution in [3.63, 3.8) is 0 Å². The standard InChI is InChI=1S/C15H27NO5Si/c1-15(2,3)22(5,6)21-10-12-9-11(13(17)20-4)7-8-16(12)14(18)19/h7,12H,8-10H2,1-6H3,(H,18,19)/t12-/m1/s1. The number of carbonyl (C=O) groups excluding carboxylic acids is 1. The second-order valence-corrected chi connectivity index (χ2v) is 11.9. The number of hydrogen-bond donors (Lipinski definition) is 1. The quantitative estimate of drug-likeness (QED) is 0.634. The van der Waals surface area contributed by atoms with E-state index in [1.54, 1.807) is 6.08 Å². The van der Waals surface area contributed by atoms with Gasteiger partial charge in [-0.25, -0.2) is 9.59 Å². The molecule has 0 fully saturated rings. The van der Waals surface area contributed by atoms with Crippen LogP contribution in [0.2, 0.25) is 18.1 Å². The summed E-state index contributed by atoms with van der Waals surface area (Å²) in [6, 6.07) is -0.356. The Hall–Kier alpha value is -1.34. The van der Waals surface area contributed by atoms with E-state index in [-0.39, 0.29) is 17.6 Å². The Morgan fingerprint density at radius 3 is 2.45 bits per heavy atom. The van der Waals surface area contributed by atoms with Gasteiger partial charge in [0.05, 0.1) is 19.8 Å². The first-order valence-electron chi connectivity index (χ1n) is 7.40. The fraction of sp³-hybridized carbons (Fsp3) is 0.733. The number of esters is 1. The summed E-state index contributed by atoms with van der Waals surface area (Å²) in [5.74, 6) is -0.401. The second kappa shape index (κ2) is 6.83. The Kier molecular flexibility index (Phi) is 5.80. The summed E-state index contributed by atoms with van der Waals surface area (Å²) in [5, 5.41) is 9.37. The Labute approximate surface area is 133 Å². The van der Waals surface area contributed by atoms with E-state index in [0.717, 1.165) is 0 Å². The zero-order valence-electron chi connectivity index (χ0n) is 14.3. The van der Waals surface area contributed by atoms with Gasteiger partial charge in [0.1, 0.15) is 0 Å². The highest BCUT2D eigenvalue weighted by Crippen LogP contribution is 2.37. The highest BCUT2D eigenvalue weighted by atomic mass is 28.4. The molecular formula is C15H27NO5Si. The van der Waals surface area contributed by atoms with E-state index in [9.17, 15) is 14.7 Å². The van der Waals surface area contributed by atoms with Crippen molar-refractivity contribution in [1.29, 1.82) is 0 Å². The SMILES string of the molecule is COC(=O)C1=CCN(C(=O)O)[C@@H](CO[Si](C)(C)C(C)(C)C)C1. The molecule has 1 rings (SSSR count). The van der Waals surface area contributed by atoms with Gasteiger partial charge in [-0.15, -0.1) is 0 Å². The number of nitrogens with zero attached hydrogens (tertiary/aromatic N) is 1. The van der Waals surface area contributed by atoms with Gasteiger partial charge in [0.25, 0.3) is 0 Å². The molecule has 1 heterocycles. The first kappa shape index (κ1) is 18.7. The monoisotopic (exact) mass is 329 g/mol. The first-order valence-corrected chi connectivity index (χ1v) is 10.3. The third kappa shape index (κ3) is 4.33. The van der Waals surface area contributed by atoms with Crippen molar-refractivity contribution < 1.29 is 23.9 Å². The third-order valence-electron chi connectivity index (χ3n) is 4.57. The summed E-state index contributed by atoms with van der Waals surface area (Å²) < 4.78 is 10.9. The number of carboxylic acid groups (broad SMARTS) is 1. The van der Waals surface area contributed by atoms with Crippen LogP contribution in [0, 0.1) is 0 Å². The van der Waals surface area contributed by atoms with Crippen LogP contribution < -0.4 is 0 Å². The molecule has 126 valence electrons. The first-order chi connectivity index (χ1) is 9.99. The number of ether oxygens (including phenoxy) is 1. The Balaban J connectivity index is 2.83. The average molecular weight is 329 g/mol. The average Bonchev–Trinajstić information content (AvgIpc) is 2.42. The molecule has 6 nitrogen and oxygen atoms in total. The zero-order valence-corrected chi connectivity index (χ0v) is 15.3. The molecule has 1 atom stereocenters. The largest absolute Gasteiger partial charge is 0.466 e. The highest BCUT2D eigenvalue weighted by Gasteiger charge is 2.39. The van der Waals surface area contributed by atoms with E-state index in [1.165, 1.54) is 12.0 Å². The molecule has 0 bridgehead atoms. The molecule has 0 aromatic rings. The third-order valence-corrected chi connectivity index (χ3v) is 9.07. The molecule has 1 amide bonds. The summed E-state index contributed by atoms with van der Waals surface area (Å²) in [4.78, 5) is 24.3. The molecule has 1 aliphatic heterocycles. The molecule has 0 spiro atoms. The van der Waals surface area contributed by atoms with Gasteiger partial charge in [0.15, 0.2) is 8.32 Å². The molecule has 1 aliphatic rings. The van der Waals surface area contributed by atoms with Gasteiger partial charge < -0.3 is 14.3 Å². The van der Waals surface area contributed by atoms with Crippen LogP contribution in [0.15, 0.2) is 11.6 Å². The normalized spacial score (nSPS) is 19.6. The fourth-order valence-electron chi connectivity index (χ4n) is 2.01. The van der Waals surface area contributed by atoms with Crippen molar-refractivity contribution in [2.45, 2.75) is 51.4 Å². The van der Waals surface area contributed by atoms with Gasteiger partial charge in [-0.2, -0.15) is 0 Å².